The molecule has 0 amide bonds. The van der Waals surface area contributed by atoms with Gasteiger partial charge in [-0.3, -0.25) is 4.68 Å². The Morgan fingerprint density at radius 1 is 1.35 bits per heavy atom. The van der Waals surface area contributed by atoms with Crippen LogP contribution in [0.1, 0.15) is 42.8 Å². The number of rotatable bonds is 4. The van der Waals surface area contributed by atoms with E-state index in [1.54, 1.807) is 13.3 Å². The van der Waals surface area contributed by atoms with Crippen molar-refractivity contribution in [2.75, 3.05) is 7.11 Å². The lowest BCUT2D eigenvalue weighted by atomic mass is 10.0. The maximum Gasteiger partial charge on any atom is 0.122 e. The minimum absolute atomic E-state index is 0.205. The summed E-state index contributed by atoms with van der Waals surface area (Å²) in [6.07, 6.45) is 1.64. The van der Waals surface area contributed by atoms with Crippen LogP contribution in [0.4, 0.5) is 0 Å². The Morgan fingerprint density at radius 3 is 2.65 bits per heavy atom. The van der Waals surface area contributed by atoms with Gasteiger partial charge in [0.05, 0.1) is 30.1 Å². The average Bonchev–Trinajstić information content (AvgIpc) is 2.80. The summed E-state index contributed by atoms with van der Waals surface area (Å²) in [6.45, 7) is 6.10. The Kier molecular flexibility index (Phi) is 4.35. The van der Waals surface area contributed by atoms with Crippen molar-refractivity contribution in [3.05, 3.63) is 46.2 Å². The molecular formula is C15H20ClN3O. The molecule has 1 atom stereocenters. The average molecular weight is 294 g/mol. The first kappa shape index (κ1) is 14.9. The highest BCUT2D eigenvalue weighted by Crippen LogP contribution is 2.31. The lowest BCUT2D eigenvalue weighted by Crippen LogP contribution is -2.19. The zero-order valence-electron chi connectivity index (χ0n) is 12.2. The lowest BCUT2D eigenvalue weighted by Gasteiger charge is -2.18. The Hall–Kier alpha value is -1.52. The molecule has 0 fully saturated rings. The van der Waals surface area contributed by atoms with Crippen molar-refractivity contribution in [2.24, 2.45) is 5.73 Å². The lowest BCUT2D eigenvalue weighted by molar-refractivity contribution is 0.410. The molecule has 1 unspecified atom stereocenters. The molecule has 5 heteroatoms. The van der Waals surface area contributed by atoms with Gasteiger partial charge in [-0.2, -0.15) is 5.10 Å². The fourth-order valence-corrected chi connectivity index (χ4v) is 2.49. The Balaban J connectivity index is 2.46. The molecule has 0 saturated carbocycles. The summed E-state index contributed by atoms with van der Waals surface area (Å²) in [5.74, 6) is 0.824. The molecular weight excluding hydrogens is 274 g/mol. The molecule has 2 N–H and O–H groups in total. The first-order valence-corrected chi connectivity index (χ1v) is 6.96. The number of methoxy groups -OCH3 is 1. The van der Waals surface area contributed by atoms with Crippen LogP contribution in [0.15, 0.2) is 24.4 Å². The molecule has 4 nitrogen and oxygen atoms in total. The topological polar surface area (TPSA) is 53.1 Å². The fourth-order valence-electron chi connectivity index (χ4n) is 2.24. The summed E-state index contributed by atoms with van der Waals surface area (Å²) >= 11 is 6.24. The number of aryl methyl sites for hydroxylation is 1. The van der Waals surface area contributed by atoms with Gasteiger partial charge in [0.2, 0.25) is 0 Å². The molecule has 2 rings (SSSR count). The van der Waals surface area contributed by atoms with E-state index in [2.05, 4.69) is 18.9 Å². The molecule has 20 heavy (non-hydrogen) atoms. The number of hydrogen-bond acceptors (Lipinski definition) is 3. The molecule has 1 aromatic carbocycles. The zero-order valence-corrected chi connectivity index (χ0v) is 13.0. The van der Waals surface area contributed by atoms with E-state index < -0.39 is 0 Å². The first-order valence-electron chi connectivity index (χ1n) is 6.58. The summed E-state index contributed by atoms with van der Waals surface area (Å²) in [5, 5.41) is 4.88. The van der Waals surface area contributed by atoms with Crippen molar-refractivity contribution in [2.45, 2.75) is 32.9 Å². The Bertz CT molecular complexity index is 607. The number of benzene rings is 1. The molecule has 0 aliphatic heterocycles. The van der Waals surface area contributed by atoms with Crippen LogP contribution in [-0.2, 0) is 0 Å². The van der Waals surface area contributed by atoms with Gasteiger partial charge in [-0.25, -0.2) is 0 Å². The van der Waals surface area contributed by atoms with E-state index >= 15 is 0 Å². The first-order chi connectivity index (χ1) is 9.45. The second-order valence-electron chi connectivity index (χ2n) is 5.12. The fraction of sp³-hybridized carbons (Fsp3) is 0.400. The molecule has 108 valence electrons. The normalized spacial score (nSPS) is 12.8. The molecule has 0 radical (unpaired) electrons. The van der Waals surface area contributed by atoms with Crippen molar-refractivity contribution < 1.29 is 4.74 Å². The van der Waals surface area contributed by atoms with E-state index in [9.17, 15) is 0 Å². The highest BCUT2D eigenvalue weighted by atomic mass is 35.5. The highest BCUT2D eigenvalue weighted by Gasteiger charge is 2.20. The molecule has 0 aliphatic rings. The second kappa shape index (κ2) is 5.85. The van der Waals surface area contributed by atoms with Crippen molar-refractivity contribution in [1.82, 2.24) is 9.78 Å². The summed E-state index contributed by atoms with van der Waals surface area (Å²) in [4.78, 5) is 0. The van der Waals surface area contributed by atoms with Gasteiger partial charge in [0, 0.05) is 6.04 Å². The quantitative estimate of drug-likeness (QED) is 0.939. The van der Waals surface area contributed by atoms with Gasteiger partial charge < -0.3 is 10.5 Å². The third-order valence-corrected chi connectivity index (χ3v) is 3.65. The predicted octanol–water partition coefficient (Wildman–Crippen LogP) is 3.48. The highest BCUT2D eigenvalue weighted by molar-refractivity contribution is 6.31. The number of halogens is 1. The van der Waals surface area contributed by atoms with E-state index in [0.29, 0.717) is 5.02 Å². The van der Waals surface area contributed by atoms with Gasteiger partial charge in [-0.05, 0) is 38.0 Å². The van der Waals surface area contributed by atoms with Gasteiger partial charge in [0.15, 0.2) is 0 Å². The molecule has 1 heterocycles. The van der Waals surface area contributed by atoms with E-state index in [1.807, 2.05) is 29.8 Å². The monoisotopic (exact) mass is 293 g/mol. The van der Waals surface area contributed by atoms with Gasteiger partial charge in [-0.15, -0.1) is 0 Å². The zero-order chi connectivity index (χ0) is 14.9. The number of hydrogen-bond donors (Lipinski definition) is 1. The van der Waals surface area contributed by atoms with Crippen LogP contribution >= 0.6 is 11.6 Å². The van der Waals surface area contributed by atoms with Crippen LogP contribution in [0, 0.1) is 6.92 Å². The number of nitrogens with zero attached hydrogens (tertiary/aromatic N) is 2. The molecule has 0 saturated heterocycles. The van der Waals surface area contributed by atoms with E-state index in [1.165, 1.54) is 0 Å². The van der Waals surface area contributed by atoms with Crippen molar-refractivity contribution in [1.29, 1.82) is 0 Å². The van der Waals surface area contributed by atoms with Crippen LogP contribution in [0.3, 0.4) is 0 Å². The minimum atomic E-state index is -0.332. The molecule has 0 bridgehead atoms. The molecule has 0 aliphatic carbocycles. The SMILES string of the molecule is COc1cc(C(N)c2c(Cl)cnn2C(C)C)ccc1C. The molecule has 2 aromatic rings. The van der Waals surface area contributed by atoms with Gasteiger partial charge in [0.1, 0.15) is 5.75 Å². The number of ether oxygens (including phenoxy) is 1. The van der Waals surface area contributed by atoms with Crippen LogP contribution in [0.2, 0.25) is 5.02 Å². The van der Waals surface area contributed by atoms with Gasteiger partial charge in [0.25, 0.3) is 0 Å². The Morgan fingerprint density at radius 2 is 2.05 bits per heavy atom. The van der Waals surface area contributed by atoms with Crippen LogP contribution in [-0.4, -0.2) is 16.9 Å². The molecule has 0 spiro atoms. The van der Waals surface area contributed by atoms with Crippen molar-refractivity contribution in [3.8, 4) is 5.75 Å². The number of aromatic nitrogens is 2. The van der Waals surface area contributed by atoms with Gasteiger partial charge in [-0.1, -0.05) is 23.7 Å². The largest absolute Gasteiger partial charge is 0.496 e. The Labute approximate surface area is 124 Å². The smallest absolute Gasteiger partial charge is 0.122 e. The van der Waals surface area contributed by atoms with E-state index in [0.717, 1.165) is 22.6 Å². The summed E-state index contributed by atoms with van der Waals surface area (Å²) in [5.41, 5.74) is 9.23. The standard InChI is InChI=1S/C15H20ClN3O/c1-9(2)19-15(12(16)8-18-19)14(17)11-6-5-10(3)13(7-11)20-4/h5-9,14H,17H2,1-4H3. The summed E-state index contributed by atoms with van der Waals surface area (Å²) in [6, 6.07) is 5.82. The summed E-state index contributed by atoms with van der Waals surface area (Å²) in [7, 11) is 1.66. The van der Waals surface area contributed by atoms with Crippen LogP contribution in [0.25, 0.3) is 0 Å². The van der Waals surface area contributed by atoms with E-state index in [-0.39, 0.29) is 12.1 Å². The van der Waals surface area contributed by atoms with Crippen LogP contribution in [0.5, 0.6) is 5.75 Å². The summed E-state index contributed by atoms with van der Waals surface area (Å²) < 4.78 is 7.21. The third kappa shape index (κ3) is 2.67. The second-order valence-corrected chi connectivity index (χ2v) is 5.53. The van der Waals surface area contributed by atoms with Gasteiger partial charge >= 0.3 is 0 Å². The minimum Gasteiger partial charge on any atom is -0.496 e. The maximum absolute atomic E-state index is 6.37. The van der Waals surface area contributed by atoms with Crippen molar-refractivity contribution >= 4 is 11.6 Å². The van der Waals surface area contributed by atoms with E-state index in [4.69, 9.17) is 22.1 Å². The molecule has 1 aromatic heterocycles. The van der Waals surface area contributed by atoms with Crippen LogP contribution < -0.4 is 10.5 Å². The number of nitrogens with two attached hydrogens (primary N) is 1. The predicted molar refractivity (Wildman–Crippen MR) is 81.4 cm³/mol. The third-order valence-electron chi connectivity index (χ3n) is 3.36. The maximum atomic E-state index is 6.37. The van der Waals surface area contributed by atoms with Crippen molar-refractivity contribution in [3.63, 3.8) is 0 Å².